The van der Waals surface area contributed by atoms with Gasteiger partial charge in [0.25, 0.3) is 0 Å². The third kappa shape index (κ3) is 5.45. The SMILES string of the molecule is C[C@H](O)CC=C(Sc1ccccc1)Sc1ccccc1. The van der Waals surface area contributed by atoms with Crippen LogP contribution in [0, 0.1) is 0 Å². The molecule has 0 aliphatic heterocycles. The minimum Gasteiger partial charge on any atom is -0.393 e. The smallest absolute Gasteiger partial charge is 0.0547 e. The maximum atomic E-state index is 9.47. The number of thioether (sulfide) groups is 2. The van der Waals surface area contributed by atoms with Crippen molar-refractivity contribution in [1.82, 2.24) is 0 Å². The molecule has 0 radical (unpaired) electrons. The predicted molar refractivity (Wildman–Crippen MR) is 89.0 cm³/mol. The molecule has 3 heteroatoms. The maximum Gasteiger partial charge on any atom is 0.0547 e. The van der Waals surface area contributed by atoms with Gasteiger partial charge in [-0.1, -0.05) is 66.0 Å². The lowest BCUT2D eigenvalue weighted by atomic mass is 10.3. The molecule has 0 amide bonds. The van der Waals surface area contributed by atoms with Gasteiger partial charge in [0.2, 0.25) is 0 Å². The average Bonchev–Trinajstić information content (AvgIpc) is 2.47. The number of hydrogen-bond acceptors (Lipinski definition) is 3. The van der Waals surface area contributed by atoms with E-state index >= 15 is 0 Å². The lowest BCUT2D eigenvalue weighted by Crippen LogP contribution is -1.95. The van der Waals surface area contributed by atoms with Crippen LogP contribution in [0.1, 0.15) is 13.3 Å². The van der Waals surface area contributed by atoms with Crippen molar-refractivity contribution in [2.75, 3.05) is 0 Å². The van der Waals surface area contributed by atoms with Gasteiger partial charge in [0, 0.05) is 14.0 Å². The van der Waals surface area contributed by atoms with Crippen molar-refractivity contribution in [3.63, 3.8) is 0 Å². The lowest BCUT2D eigenvalue weighted by molar-refractivity contribution is 0.198. The number of benzene rings is 2. The summed E-state index contributed by atoms with van der Waals surface area (Å²) in [5.41, 5.74) is 0. The highest BCUT2D eigenvalue weighted by atomic mass is 32.2. The maximum absolute atomic E-state index is 9.47. The molecular weight excluding hydrogens is 284 g/mol. The second-order valence-corrected chi connectivity index (χ2v) is 6.93. The fourth-order valence-corrected chi connectivity index (χ4v) is 3.73. The highest BCUT2D eigenvalue weighted by Gasteiger charge is 2.04. The molecular formula is C17H18OS2. The Hall–Kier alpha value is -1.16. The largest absolute Gasteiger partial charge is 0.393 e. The summed E-state index contributed by atoms with van der Waals surface area (Å²) in [5, 5.41) is 9.47. The van der Waals surface area contributed by atoms with Crippen LogP contribution in [0.25, 0.3) is 0 Å². The Labute approximate surface area is 129 Å². The topological polar surface area (TPSA) is 20.2 Å². The zero-order chi connectivity index (χ0) is 14.2. The normalized spacial score (nSPS) is 11.9. The minimum atomic E-state index is -0.308. The first-order valence-corrected chi connectivity index (χ1v) is 8.21. The molecule has 1 N–H and O–H groups in total. The van der Waals surface area contributed by atoms with Crippen LogP contribution >= 0.6 is 23.5 Å². The third-order valence-corrected chi connectivity index (χ3v) is 4.80. The van der Waals surface area contributed by atoms with Crippen LogP contribution in [0.15, 0.2) is 80.8 Å². The molecule has 0 heterocycles. The number of hydrogen-bond donors (Lipinski definition) is 1. The third-order valence-electron chi connectivity index (χ3n) is 2.55. The highest BCUT2D eigenvalue weighted by molar-refractivity contribution is 8.22. The van der Waals surface area contributed by atoms with Crippen LogP contribution < -0.4 is 0 Å². The summed E-state index contributed by atoms with van der Waals surface area (Å²) in [6.45, 7) is 1.81. The summed E-state index contributed by atoms with van der Waals surface area (Å²) in [4.78, 5) is 2.43. The monoisotopic (exact) mass is 302 g/mol. The Morgan fingerprint density at radius 1 is 0.950 bits per heavy atom. The summed E-state index contributed by atoms with van der Waals surface area (Å²) in [7, 11) is 0. The Balaban J connectivity index is 2.10. The van der Waals surface area contributed by atoms with Crippen molar-refractivity contribution >= 4 is 23.5 Å². The Morgan fingerprint density at radius 3 is 1.80 bits per heavy atom. The molecule has 1 nitrogen and oxygen atoms in total. The van der Waals surface area contributed by atoms with Gasteiger partial charge in [0.05, 0.1) is 6.10 Å². The van der Waals surface area contributed by atoms with Gasteiger partial charge in [0.15, 0.2) is 0 Å². The average molecular weight is 302 g/mol. The van der Waals surface area contributed by atoms with Crippen LogP contribution in [-0.2, 0) is 0 Å². The number of rotatable bonds is 6. The van der Waals surface area contributed by atoms with Crippen LogP contribution in [-0.4, -0.2) is 11.2 Å². The van der Waals surface area contributed by atoms with Crippen LogP contribution in [0.4, 0.5) is 0 Å². The first kappa shape index (κ1) is 15.2. The van der Waals surface area contributed by atoms with Gasteiger partial charge in [-0.2, -0.15) is 0 Å². The minimum absolute atomic E-state index is 0.308. The van der Waals surface area contributed by atoms with E-state index in [1.807, 2.05) is 43.3 Å². The van der Waals surface area contributed by atoms with Gasteiger partial charge in [-0.05, 0) is 37.6 Å². The van der Waals surface area contributed by atoms with Crippen molar-refractivity contribution < 1.29 is 5.11 Å². The molecule has 0 fully saturated rings. The summed E-state index contributed by atoms with van der Waals surface area (Å²) in [6, 6.07) is 20.6. The fraction of sp³-hybridized carbons (Fsp3) is 0.176. The molecule has 0 saturated heterocycles. The summed E-state index contributed by atoms with van der Waals surface area (Å²) in [5.74, 6) is 0. The summed E-state index contributed by atoms with van der Waals surface area (Å²) >= 11 is 3.48. The molecule has 104 valence electrons. The molecule has 2 rings (SSSR count). The molecule has 2 aromatic rings. The Morgan fingerprint density at radius 2 is 1.40 bits per heavy atom. The van der Waals surface area contributed by atoms with Crippen LogP contribution in [0.2, 0.25) is 0 Å². The van der Waals surface area contributed by atoms with E-state index in [1.165, 1.54) is 14.0 Å². The van der Waals surface area contributed by atoms with Crippen molar-refractivity contribution in [3.05, 3.63) is 71.0 Å². The molecule has 20 heavy (non-hydrogen) atoms. The zero-order valence-corrected chi connectivity index (χ0v) is 13.0. The molecule has 1 atom stereocenters. The van der Waals surface area contributed by atoms with Gasteiger partial charge in [-0.15, -0.1) is 0 Å². The van der Waals surface area contributed by atoms with Gasteiger partial charge in [-0.3, -0.25) is 0 Å². The van der Waals surface area contributed by atoms with E-state index < -0.39 is 0 Å². The first-order valence-electron chi connectivity index (χ1n) is 6.58. The summed E-state index contributed by atoms with van der Waals surface area (Å²) in [6.07, 6.45) is 2.48. The molecule has 0 bridgehead atoms. The van der Waals surface area contributed by atoms with E-state index in [1.54, 1.807) is 23.5 Å². The van der Waals surface area contributed by atoms with Crippen molar-refractivity contribution in [3.8, 4) is 0 Å². The van der Waals surface area contributed by atoms with Crippen molar-refractivity contribution in [2.45, 2.75) is 29.2 Å². The van der Waals surface area contributed by atoms with Crippen LogP contribution in [0.3, 0.4) is 0 Å². The van der Waals surface area contributed by atoms with E-state index in [9.17, 15) is 5.11 Å². The molecule has 0 aliphatic carbocycles. The standard InChI is InChI=1S/C17H18OS2/c1-14(18)12-13-17(19-15-8-4-2-5-9-15)20-16-10-6-3-7-11-16/h2-11,13-14,18H,12H2,1H3/t14-/m0/s1. The lowest BCUT2D eigenvalue weighted by Gasteiger charge is -2.08. The van der Waals surface area contributed by atoms with Crippen molar-refractivity contribution in [2.24, 2.45) is 0 Å². The molecule has 0 spiro atoms. The number of aliphatic hydroxyl groups excluding tert-OH is 1. The molecule has 0 saturated carbocycles. The van der Waals surface area contributed by atoms with E-state index in [-0.39, 0.29) is 6.10 Å². The first-order chi connectivity index (χ1) is 9.74. The van der Waals surface area contributed by atoms with E-state index in [0.29, 0.717) is 6.42 Å². The molecule has 0 aromatic heterocycles. The zero-order valence-electron chi connectivity index (χ0n) is 11.4. The van der Waals surface area contributed by atoms with Crippen LogP contribution in [0.5, 0.6) is 0 Å². The fourth-order valence-electron chi connectivity index (χ4n) is 1.58. The molecule has 0 unspecified atom stereocenters. The van der Waals surface area contributed by atoms with Gasteiger partial charge in [-0.25, -0.2) is 0 Å². The highest BCUT2D eigenvalue weighted by Crippen LogP contribution is 2.39. The quantitative estimate of drug-likeness (QED) is 0.742. The van der Waals surface area contributed by atoms with E-state index in [2.05, 4.69) is 30.3 Å². The summed E-state index contributed by atoms with van der Waals surface area (Å²) < 4.78 is 1.20. The van der Waals surface area contributed by atoms with Crippen molar-refractivity contribution in [1.29, 1.82) is 0 Å². The Bertz CT molecular complexity index is 492. The van der Waals surface area contributed by atoms with Gasteiger partial charge in [0.1, 0.15) is 0 Å². The second-order valence-electron chi connectivity index (χ2n) is 4.44. The molecule has 2 aromatic carbocycles. The van der Waals surface area contributed by atoms with Gasteiger partial charge >= 0.3 is 0 Å². The van der Waals surface area contributed by atoms with E-state index in [4.69, 9.17) is 0 Å². The predicted octanol–water partition coefficient (Wildman–Crippen LogP) is 5.18. The van der Waals surface area contributed by atoms with E-state index in [0.717, 1.165) is 0 Å². The van der Waals surface area contributed by atoms with Gasteiger partial charge < -0.3 is 5.11 Å². The Kier molecular flexibility index (Phi) is 6.25. The number of aliphatic hydroxyl groups is 1. The molecule has 0 aliphatic rings. The second kappa shape index (κ2) is 8.20.